The maximum absolute atomic E-state index is 13.8. The Labute approximate surface area is 222 Å². The molecule has 2 aromatic rings. The summed E-state index contributed by atoms with van der Waals surface area (Å²) in [5, 5.41) is 3.16. The van der Waals surface area contributed by atoms with Crippen molar-refractivity contribution in [3.8, 4) is 0 Å². The number of nitrogens with zero attached hydrogens (tertiary/aromatic N) is 5. The van der Waals surface area contributed by atoms with Crippen LogP contribution in [0, 0.1) is 0 Å². The molecule has 6 nitrogen and oxygen atoms in total. The molecule has 0 radical (unpaired) electrons. The van der Waals surface area contributed by atoms with E-state index in [4.69, 9.17) is 9.97 Å². The third-order valence-electron chi connectivity index (χ3n) is 7.04. The largest absolute Gasteiger partial charge is 0.419 e. The van der Waals surface area contributed by atoms with Crippen LogP contribution in [0.5, 0.6) is 0 Å². The van der Waals surface area contributed by atoms with Gasteiger partial charge in [0.2, 0.25) is 5.95 Å². The average Bonchev–Trinajstić information content (AvgIpc) is 3.28. The minimum absolute atomic E-state index is 0.0956. The number of aromatic nitrogens is 2. The Balaban J connectivity index is 1.46. The number of nitrogens with one attached hydrogen (secondary N) is 1. The number of allylic oxidation sites excluding steroid dienone is 2. The zero-order valence-electron chi connectivity index (χ0n) is 21.1. The van der Waals surface area contributed by atoms with Gasteiger partial charge in [-0.05, 0) is 56.0 Å². The Morgan fingerprint density at radius 2 is 1.49 bits per heavy atom. The molecule has 1 saturated heterocycles. The number of benzene rings is 1. The van der Waals surface area contributed by atoms with Gasteiger partial charge in [-0.1, -0.05) is 12.2 Å². The van der Waals surface area contributed by atoms with Gasteiger partial charge in [-0.2, -0.15) is 31.3 Å². The molecule has 0 atom stereocenters. The first-order valence-electron chi connectivity index (χ1n) is 12.9. The van der Waals surface area contributed by atoms with Crippen molar-refractivity contribution < 1.29 is 26.3 Å². The average molecular weight is 551 g/mol. The second-order valence-corrected chi connectivity index (χ2v) is 9.70. The zero-order valence-corrected chi connectivity index (χ0v) is 21.1. The Hall–Kier alpha value is -3.57. The number of fused-ring (bicyclic) bond motifs is 1. The highest BCUT2D eigenvalue weighted by atomic mass is 19.4. The lowest BCUT2D eigenvalue weighted by Gasteiger charge is -2.28. The summed E-state index contributed by atoms with van der Waals surface area (Å²) < 4.78 is 80.7. The molecule has 0 amide bonds. The van der Waals surface area contributed by atoms with E-state index in [-0.39, 0.29) is 25.5 Å². The third kappa shape index (κ3) is 6.20. The zero-order chi connectivity index (χ0) is 27.6. The Morgan fingerprint density at radius 3 is 2.18 bits per heavy atom. The molecule has 39 heavy (non-hydrogen) atoms. The fraction of sp³-hybridized carbons (Fsp3) is 0.444. The van der Waals surface area contributed by atoms with E-state index in [0.29, 0.717) is 36.0 Å². The van der Waals surface area contributed by atoms with Crippen LogP contribution in [0.4, 0.5) is 43.8 Å². The molecular weight excluding hydrogens is 522 g/mol. The molecule has 3 aliphatic rings. The first-order valence-corrected chi connectivity index (χ1v) is 12.9. The van der Waals surface area contributed by atoms with E-state index in [9.17, 15) is 26.3 Å². The second kappa shape index (κ2) is 10.9. The smallest absolute Gasteiger partial charge is 0.356 e. The number of amidine groups is 1. The Morgan fingerprint density at radius 1 is 0.769 bits per heavy atom. The van der Waals surface area contributed by atoms with Crippen molar-refractivity contribution in [1.82, 2.24) is 14.9 Å². The Bertz CT molecular complexity index is 1270. The van der Waals surface area contributed by atoms with Gasteiger partial charge < -0.3 is 15.1 Å². The van der Waals surface area contributed by atoms with E-state index < -0.39 is 23.5 Å². The molecule has 0 saturated carbocycles. The number of aliphatic imine (C=N–C) groups is 1. The molecule has 208 valence electrons. The SMILES string of the molecule is FC(F)(F)C1=CC=CCN=C1N1CCc2nc(N3CCCCC3)nc(Nc3ccc(C(F)(F)F)cc3)c2CC1. The molecular formula is C27H28F6N6. The second-order valence-electron chi connectivity index (χ2n) is 9.70. The topological polar surface area (TPSA) is 56.7 Å². The summed E-state index contributed by atoms with van der Waals surface area (Å²) in [5.74, 6) is 0.878. The van der Waals surface area contributed by atoms with Crippen LogP contribution in [0.15, 0.2) is 53.1 Å². The highest BCUT2D eigenvalue weighted by Crippen LogP contribution is 2.33. The number of hydrogen-bond acceptors (Lipinski definition) is 6. The van der Waals surface area contributed by atoms with Gasteiger partial charge in [0.05, 0.1) is 23.4 Å². The monoisotopic (exact) mass is 550 g/mol. The molecule has 1 aromatic carbocycles. The summed E-state index contributed by atoms with van der Waals surface area (Å²) in [4.78, 5) is 17.5. The quantitative estimate of drug-likeness (QED) is 0.469. The summed E-state index contributed by atoms with van der Waals surface area (Å²) in [6.45, 7) is 2.26. The first kappa shape index (κ1) is 27.0. The normalized spacial score (nSPS) is 18.6. The molecule has 4 heterocycles. The van der Waals surface area contributed by atoms with Gasteiger partial charge in [-0.15, -0.1) is 0 Å². The van der Waals surface area contributed by atoms with Crippen molar-refractivity contribution in [3.05, 3.63) is 64.9 Å². The van der Waals surface area contributed by atoms with E-state index in [1.807, 2.05) is 0 Å². The van der Waals surface area contributed by atoms with E-state index in [1.165, 1.54) is 18.2 Å². The maximum Gasteiger partial charge on any atom is 0.419 e. The third-order valence-corrected chi connectivity index (χ3v) is 7.04. The van der Waals surface area contributed by atoms with Crippen molar-refractivity contribution >= 4 is 23.3 Å². The van der Waals surface area contributed by atoms with Gasteiger partial charge in [0.1, 0.15) is 11.7 Å². The molecule has 1 aromatic heterocycles. The molecule has 0 unspecified atom stereocenters. The van der Waals surface area contributed by atoms with Crippen LogP contribution in [0.2, 0.25) is 0 Å². The van der Waals surface area contributed by atoms with Gasteiger partial charge >= 0.3 is 12.4 Å². The van der Waals surface area contributed by atoms with Crippen molar-refractivity contribution in [3.63, 3.8) is 0 Å². The molecule has 3 aliphatic heterocycles. The fourth-order valence-corrected chi connectivity index (χ4v) is 5.03. The van der Waals surface area contributed by atoms with Crippen LogP contribution in [0.25, 0.3) is 0 Å². The van der Waals surface area contributed by atoms with Crippen molar-refractivity contribution in [2.45, 2.75) is 44.5 Å². The van der Waals surface area contributed by atoms with Gasteiger partial charge in [-0.25, -0.2) is 4.98 Å². The van der Waals surface area contributed by atoms with E-state index >= 15 is 0 Å². The van der Waals surface area contributed by atoms with Gasteiger partial charge in [0, 0.05) is 43.9 Å². The van der Waals surface area contributed by atoms with Gasteiger partial charge in [0.25, 0.3) is 0 Å². The van der Waals surface area contributed by atoms with Crippen LogP contribution in [0.1, 0.15) is 36.1 Å². The van der Waals surface area contributed by atoms with Crippen molar-refractivity contribution in [1.29, 1.82) is 0 Å². The van der Waals surface area contributed by atoms with Gasteiger partial charge in [0.15, 0.2) is 0 Å². The standard InChI is InChI=1S/C27H28F6N6/c28-26(29,30)18-7-9-19(10-8-18)35-23-20-11-16-38(24-21(27(31,32)33)6-2-3-13-34-24)17-12-22(20)36-25(37-23)39-14-4-1-5-15-39/h2-3,6-10H,1,4-5,11-17H2,(H,35,36,37). The Kier molecular flexibility index (Phi) is 7.55. The lowest BCUT2D eigenvalue weighted by atomic mass is 10.1. The molecule has 1 fully saturated rings. The summed E-state index contributed by atoms with van der Waals surface area (Å²) in [6.07, 6.45) is -1.18. The lowest BCUT2D eigenvalue weighted by molar-refractivity contribution is -0.137. The minimum Gasteiger partial charge on any atom is -0.356 e. The predicted octanol–water partition coefficient (Wildman–Crippen LogP) is 6.09. The summed E-state index contributed by atoms with van der Waals surface area (Å²) in [6, 6.07) is 4.68. The van der Waals surface area contributed by atoms with Crippen LogP contribution in [-0.2, 0) is 19.0 Å². The summed E-state index contributed by atoms with van der Waals surface area (Å²) in [5.41, 5.74) is 0.336. The minimum atomic E-state index is -4.55. The number of halogens is 6. The predicted molar refractivity (Wildman–Crippen MR) is 137 cm³/mol. The number of piperidine rings is 1. The van der Waals surface area contributed by atoms with Crippen LogP contribution >= 0.6 is 0 Å². The van der Waals surface area contributed by atoms with Crippen LogP contribution < -0.4 is 10.2 Å². The number of anilines is 3. The highest BCUT2D eigenvalue weighted by Gasteiger charge is 2.39. The van der Waals surface area contributed by atoms with Crippen molar-refractivity contribution in [2.75, 3.05) is 42.9 Å². The van der Waals surface area contributed by atoms with E-state index in [0.717, 1.165) is 56.1 Å². The molecule has 0 spiro atoms. The van der Waals surface area contributed by atoms with E-state index in [2.05, 4.69) is 15.2 Å². The lowest BCUT2D eigenvalue weighted by Crippen LogP contribution is -2.38. The molecule has 0 aliphatic carbocycles. The molecule has 0 bridgehead atoms. The molecule has 5 rings (SSSR count). The summed E-state index contributed by atoms with van der Waals surface area (Å²) >= 11 is 0. The number of hydrogen-bond donors (Lipinski definition) is 1. The van der Waals surface area contributed by atoms with E-state index in [1.54, 1.807) is 11.0 Å². The number of rotatable bonds is 3. The summed E-state index contributed by atoms with van der Waals surface area (Å²) in [7, 11) is 0. The molecule has 1 N–H and O–H groups in total. The fourth-order valence-electron chi connectivity index (χ4n) is 5.03. The van der Waals surface area contributed by atoms with Crippen LogP contribution in [-0.4, -0.2) is 59.6 Å². The number of alkyl halides is 6. The van der Waals surface area contributed by atoms with Crippen LogP contribution in [0.3, 0.4) is 0 Å². The van der Waals surface area contributed by atoms with Gasteiger partial charge in [-0.3, -0.25) is 4.99 Å². The maximum atomic E-state index is 13.8. The first-order chi connectivity index (χ1) is 18.6. The molecule has 12 heteroatoms. The van der Waals surface area contributed by atoms with Crippen molar-refractivity contribution in [2.24, 2.45) is 4.99 Å². The highest BCUT2D eigenvalue weighted by molar-refractivity contribution is 6.00.